The maximum atomic E-state index is 12.9. The fourth-order valence-corrected chi connectivity index (χ4v) is 4.02. The first-order valence-corrected chi connectivity index (χ1v) is 9.97. The molecule has 0 saturated carbocycles. The number of fused-ring (bicyclic) bond motifs is 2. The van der Waals surface area contributed by atoms with Gasteiger partial charge < -0.3 is 18.8 Å². The summed E-state index contributed by atoms with van der Waals surface area (Å²) < 4.78 is 19.4. The van der Waals surface area contributed by atoms with Crippen LogP contribution in [0, 0.1) is 12.3 Å². The van der Waals surface area contributed by atoms with Crippen LogP contribution in [0.2, 0.25) is 5.02 Å². The number of terminal acetylenes is 1. The molecule has 0 atom stereocenters. The van der Waals surface area contributed by atoms with Gasteiger partial charge in [0, 0.05) is 17.2 Å². The number of nitrogens with zero attached hydrogens (tertiary/aromatic N) is 2. The molecule has 1 aliphatic heterocycles. The van der Waals surface area contributed by atoms with Crippen molar-refractivity contribution in [1.29, 1.82) is 0 Å². The molecule has 29 heavy (non-hydrogen) atoms. The minimum atomic E-state index is -1.17. The third-order valence-corrected chi connectivity index (χ3v) is 5.62. The summed E-state index contributed by atoms with van der Waals surface area (Å²) in [5, 5.41) is 0.589. The number of benzene rings is 2. The molecular weight excluding hydrogens is 412 g/mol. The number of thiazole rings is 1. The van der Waals surface area contributed by atoms with Gasteiger partial charge in [0.25, 0.3) is 5.91 Å². The van der Waals surface area contributed by atoms with E-state index in [1.54, 1.807) is 42.7 Å². The molecule has 0 aliphatic carbocycles. The van der Waals surface area contributed by atoms with E-state index in [4.69, 9.17) is 32.2 Å². The second-order valence-corrected chi connectivity index (χ2v) is 8.28. The highest BCUT2D eigenvalue weighted by atomic mass is 35.5. The molecule has 0 fully saturated rings. The van der Waals surface area contributed by atoms with E-state index >= 15 is 0 Å². The summed E-state index contributed by atoms with van der Waals surface area (Å²) in [6, 6.07) is 10.5. The smallest absolute Gasteiger partial charge is 0.291 e. The highest BCUT2D eigenvalue weighted by molar-refractivity contribution is 7.16. The van der Waals surface area contributed by atoms with Crippen molar-refractivity contribution in [2.75, 3.05) is 6.79 Å². The van der Waals surface area contributed by atoms with Gasteiger partial charge in [0.2, 0.25) is 6.79 Å². The Labute approximate surface area is 176 Å². The summed E-state index contributed by atoms with van der Waals surface area (Å²) in [7, 11) is 0. The molecule has 0 N–H and O–H groups in total. The largest absolute Gasteiger partial charge is 0.478 e. The molecule has 4 rings (SSSR count). The third-order valence-electron chi connectivity index (χ3n) is 4.33. The van der Waals surface area contributed by atoms with E-state index in [0.717, 1.165) is 10.2 Å². The molecule has 0 spiro atoms. The lowest BCUT2D eigenvalue weighted by molar-refractivity contribution is -0.130. The molecule has 0 bridgehead atoms. The van der Waals surface area contributed by atoms with Gasteiger partial charge in [-0.2, -0.15) is 4.99 Å². The second kappa shape index (κ2) is 7.47. The second-order valence-electron chi connectivity index (χ2n) is 6.83. The van der Waals surface area contributed by atoms with Crippen LogP contribution in [0.1, 0.15) is 13.8 Å². The van der Waals surface area contributed by atoms with Gasteiger partial charge in [0.1, 0.15) is 5.75 Å². The van der Waals surface area contributed by atoms with Crippen LogP contribution < -0.4 is 19.0 Å². The Kier molecular flexibility index (Phi) is 4.99. The highest BCUT2D eigenvalue weighted by Gasteiger charge is 2.30. The van der Waals surface area contributed by atoms with E-state index in [0.29, 0.717) is 27.1 Å². The molecular formula is C21H17ClN2O4S. The van der Waals surface area contributed by atoms with Gasteiger partial charge in [-0.1, -0.05) is 28.9 Å². The molecule has 3 aromatic rings. The molecule has 8 heteroatoms. The first-order valence-electron chi connectivity index (χ1n) is 8.77. The summed E-state index contributed by atoms with van der Waals surface area (Å²) in [5.41, 5.74) is -0.341. The van der Waals surface area contributed by atoms with Crippen LogP contribution in [0.5, 0.6) is 17.2 Å². The Bertz CT molecular complexity index is 1200. The van der Waals surface area contributed by atoms with Crippen molar-refractivity contribution in [2.24, 2.45) is 4.99 Å². The average molecular weight is 429 g/mol. The maximum absolute atomic E-state index is 12.9. The minimum absolute atomic E-state index is 0.188. The lowest BCUT2D eigenvalue weighted by Crippen LogP contribution is -2.38. The minimum Gasteiger partial charge on any atom is -0.478 e. The van der Waals surface area contributed by atoms with E-state index in [9.17, 15) is 4.79 Å². The van der Waals surface area contributed by atoms with E-state index in [1.165, 1.54) is 11.3 Å². The Morgan fingerprint density at radius 3 is 2.69 bits per heavy atom. The molecule has 2 aromatic carbocycles. The maximum Gasteiger partial charge on any atom is 0.291 e. The van der Waals surface area contributed by atoms with E-state index in [1.807, 2.05) is 12.1 Å². The first-order chi connectivity index (χ1) is 13.9. The average Bonchev–Trinajstić information content (AvgIpc) is 3.26. The zero-order valence-electron chi connectivity index (χ0n) is 15.8. The summed E-state index contributed by atoms with van der Waals surface area (Å²) in [6.45, 7) is 3.79. The van der Waals surface area contributed by atoms with Gasteiger partial charge in [-0.3, -0.25) is 4.79 Å². The van der Waals surface area contributed by atoms with E-state index < -0.39 is 11.5 Å². The molecule has 0 radical (unpaired) electrons. The predicted molar refractivity (Wildman–Crippen MR) is 112 cm³/mol. The Morgan fingerprint density at radius 2 is 2.00 bits per heavy atom. The van der Waals surface area contributed by atoms with Crippen molar-refractivity contribution in [1.82, 2.24) is 4.57 Å². The van der Waals surface area contributed by atoms with Crippen LogP contribution in [0.15, 0.2) is 41.4 Å². The van der Waals surface area contributed by atoms with Crippen LogP contribution in [-0.4, -0.2) is 22.9 Å². The number of hydrogen-bond donors (Lipinski definition) is 0. The van der Waals surface area contributed by atoms with Gasteiger partial charge >= 0.3 is 0 Å². The molecule has 2 heterocycles. The number of carbonyl (C=O) groups is 1. The quantitative estimate of drug-likeness (QED) is 0.589. The van der Waals surface area contributed by atoms with Crippen LogP contribution in [0.4, 0.5) is 0 Å². The van der Waals surface area contributed by atoms with Crippen LogP contribution in [0.25, 0.3) is 10.2 Å². The number of carbonyl (C=O) groups excluding carboxylic acids is 1. The highest BCUT2D eigenvalue weighted by Crippen LogP contribution is 2.37. The molecule has 1 amide bonds. The molecule has 6 nitrogen and oxygen atoms in total. The lowest BCUT2D eigenvalue weighted by atomic mass is 10.1. The molecule has 1 aliphatic rings. The van der Waals surface area contributed by atoms with Gasteiger partial charge in [-0.25, -0.2) is 0 Å². The van der Waals surface area contributed by atoms with Gasteiger partial charge in [-0.15, -0.1) is 6.42 Å². The van der Waals surface area contributed by atoms with Crippen LogP contribution in [0.3, 0.4) is 0 Å². The van der Waals surface area contributed by atoms with Crippen LogP contribution >= 0.6 is 22.9 Å². The normalized spacial score (nSPS) is 13.5. The molecule has 0 saturated heterocycles. The fourth-order valence-electron chi connectivity index (χ4n) is 2.85. The monoisotopic (exact) mass is 428 g/mol. The molecule has 148 valence electrons. The topological polar surface area (TPSA) is 62.1 Å². The standard InChI is InChI=1S/C21H17ClN2O4S/c1-4-9-24-15-10-16-17(27-12-26-16)11-18(15)29-20(24)23-19(25)21(2,3)28-14-7-5-13(22)6-8-14/h1,5-8,10-11H,9,12H2,2-3H3. The number of ether oxygens (including phenoxy) is 3. The van der Waals surface area contributed by atoms with Crippen molar-refractivity contribution in [3.8, 4) is 29.6 Å². The third kappa shape index (κ3) is 3.82. The van der Waals surface area contributed by atoms with Crippen molar-refractivity contribution in [2.45, 2.75) is 26.0 Å². The zero-order valence-corrected chi connectivity index (χ0v) is 17.3. The fraction of sp³-hybridized carbons (Fsp3) is 0.238. The molecule has 0 unspecified atom stereocenters. The summed E-state index contributed by atoms with van der Waals surface area (Å²) in [5.74, 6) is 4.02. The van der Waals surface area contributed by atoms with Gasteiger partial charge in [-0.05, 0) is 38.1 Å². The van der Waals surface area contributed by atoms with Gasteiger partial charge in [0.15, 0.2) is 21.9 Å². The number of amides is 1. The first kappa shape index (κ1) is 19.4. The Hall–Kier alpha value is -2.95. The number of aromatic nitrogens is 1. The van der Waals surface area contributed by atoms with Crippen molar-refractivity contribution >= 4 is 39.1 Å². The van der Waals surface area contributed by atoms with Crippen molar-refractivity contribution in [3.63, 3.8) is 0 Å². The Balaban J connectivity index is 1.72. The Morgan fingerprint density at radius 1 is 1.31 bits per heavy atom. The van der Waals surface area contributed by atoms with Crippen molar-refractivity contribution < 1.29 is 19.0 Å². The summed E-state index contributed by atoms with van der Waals surface area (Å²) in [4.78, 5) is 17.7. The SMILES string of the molecule is C#CCn1c(=NC(=O)C(C)(C)Oc2ccc(Cl)cc2)sc2cc3c(cc21)OCO3. The lowest BCUT2D eigenvalue weighted by Gasteiger charge is -2.22. The summed E-state index contributed by atoms with van der Waals surface area (Å²) >= 11 is 7.25. The van der Waals surface area contributed by atoms with E-state index in [-0.39, 0.29) is 13.3 Å². The predicted octanol–water partition coefficient (Wildman–Crippen LogP) is 4.00. The van der Waals surface area contributed by atoms with E-state index in [2.05, 4.69) is 10.9 Å². The number of halogens is 1. The molecule has 1 aromatic heterocycles. The zero-order chi connectivity index (χ0) is 20.6. The summed E-state index contributed by atoms with van der Waals surface area (Å²) in [6.07, 6.45) is 5.54. The van der Waals surface area contributed by atoms with Gasteiger partial charge in [0.05, 0.1) is 16.8 Å². The number of rotatable bonds is 4. The number of hydrogen-bond acceptors (Lipinski definition) is 5. The van der Waals surface area contributed by atoms with Crippen molar-refractivity contribution in [3.05, 3.63) is 46.2 Å². The van der Waals surface area contributed by atoms with Crippen LogP contribution in [-0.2, 0) is 11.3 Å².